The number of piperidine rings is 1. The van der Waals surface area contributed by atoms with E-state index in [1.165, 1.54) is 16.4 Å². The van der Waals surface area contributed by atoms with Crippen molar-refractivity contribution in [2.75, 3.05) is 18.4 Å². The van der Waals surface area contributed by atoms with Crippen LogP contribution in [0.25, 0.3) is 0 Å². The van der Waals surface area contributed by atoms with E-state index in [4.69, 9.17) is 28.5 Å². The number of amides is 1. The summed E-state index contributed by atoms with van der Waals surface area (Å²) in [4.78, 5) is 12.6. The molecule has 0 radical (unpaired) electrons. The quantitative estimate of drug-likeness (QED) is 0.696. The molecule has 0 saturated carbocycles. The number of nitrogens with one attached hydrogen (secondary N) is 1. The molecule has 0 atom stereocenters. The second kappa shape index (κ2) is 9.35. The van der Waals surface area contributed by atoms with Gasteiger partial charge in [-0.05, 0) is 31.9 Å². The summed E-state index contributed by atoms with van der Waals surface area (Å²) >= 11 is 12.1. The van der Waals surface area contributed by atoms with Crippen molar-refractivity contribution in [2.24, 2.45) is 5.92 Å². The highest BCUT2D eigenvalue weighted by molar-refractivity contribution is 7.89. The maximum absolute atomic E-state index is 13.0. The second-order valence-corrected chi connectivity index (χ2v) is 9.71. The minimum absolute atomic E-state index is 0.0726. The Bertz CT molecular complexity index is 1070. The zero-order valence-corrected chi connectivity index (χ0v) is 18.6. The second-order valence-electron chi connectivity index (χ2n) is 7.02. The fraction of sp³-hybridized carbons (Fsp3) is 0.421. The predicted molar refractivity (Wildman–Crippen MR) is 114 cm³/mol. The van der Waals surface area contributed by atoms with Crippen LogP contribution in [0.5, 0.6) is 0 Å². The molecule has 1 aliphatic heterocycles. The highest BCUT2D eigenvalue weighted by Crippen LogP contribution is 2.33. The Kier molecular flexibility index (Phi) is 7.03. The summed E-state index contributed by atoms with van der Waals surface area (Å²) in [5.74, 6) is 0.00405. The fourth-order valence-electron chi connectivity index (χ4n) is 3.42. The zero-order chi connectivity index (χ0) is 21.9. The van der Waals surface area contributed by atoms with E-state index >= 15 is 0 Å². The van der Waals surface area contributed by atoms with Crippen LogP contribution in [-0.4, -0.2) is 41.5 Å². The van der Waals surface area contributed by atoms with Gasteiger partial charge in [0.2, 0.25) is 15.9 Å². The average molecular weight is 470 g/mol. The van der Waals surface area contributed by atoms with Gasteiger partial charge in [-0.15, -0.1) is 0 Å². The molecule has 0 aliphatic carbocycles. The Balaban J connectivity index is 1.66. The van der Waals surface area contributed by atoms with E-state index in [0.29, 0.717) is 25.2 Å². The highest BCUT2D eigenvalue weighted by Gasteiger charge is 2.34. The Morgan fingerprint density at radius 1 is 1.30 bits per heavy atom. The molecule has 30 heavy (non-hydrogen) atoms. The molecule has 1 amide bonds. The standard InChI is InChI=1S/C19H21Cl2N5O3S/c1-13-12-17(26(24-13)9-3-8-22)23-19(27)14-6-10-25(11-7-14)30(28,29)18-15(20)4-2-5-16(18)21/h2,4-5,12,14H,3,6-7,9-11H2,1H3,(H,23,27). The molecule has 0 spiro atoms. The summed E-state index contributed by atoms with van der Waals surface area (Å²) in [6.45, 7) is 2.57. The monoisotopic (exact) mass is 469 g/mol. The van der Waals surface area contributed by atoms with Crippen LogP contribution >= 0.6 is 23.2 Å². The lowest BCUT2D eigenvalue weighted by atomic mass is 9.97. The fourth-order valence-corrected chi connectivity index (χ4v) is 5.98. The molecule has 1 N–H and O–H groups in total. The molecule has 1 aromatic heterocycles. The molecule has 160 valence electrons. The number of aryl methyl sites for hydroxylation is 2. The summed E-state index contributed by atoms with van der Waals surface area (Å²) in [5, 5.41) is 16.0. The van der Waals surface area contributed by atoms with Crippen LogP contribution in [0.3, 0.4) is 0 Å². The van der Waals surface area contributed by atoms with Crippen molar-refractivity contribution in [1.29, 1.82) is 5.26 Å². The molecule has 11 heteroatoms. The van der Waals surface area contributed by atoms with Crippen LogP contribution in [0.1, 0.15) is 25.0 Å². The van der Waals surface area contributed by atoms with Gasteiger partial charge < -0.3 is 5.32 Å². The number of hydrogen-bond acceptors (Lipinski definition) is 5. The van der Waals surface area contributed by atoms with Crippen LogP contribution < -0.4 is 5.32 Å². The van der Waals surface area contributed by atoms with Crippen LogP contribution in [0, 0.1) is 24.2 Å². The largest absolute Gasteiger partial charge is 0.311 e. The zero-order valence-electron chi connectivity index (χ0n) is 16.3. The van der Waals surface area contributed by atoms with Gasteiger partial charge in [-0.1, -0.05) is 29.3 Å². The molecule has 8 nitrogen and oxygen atoms in total. The van der Waals surface area contributed by atoms with E-state index in [1.54, 1.807) is 16.8 Å². The third-order valence-electron chi connectivity index (χ3n) is 4.93. The maximum Gasteiger partial charge on any atom is 0.246 e. The van der Waals surface area contributed by atoms with Gasteiger partial charge in [-0.2, -0.15) is 14.7 Å². The summed E-state index contributed by atoms with van der Waals surface area (Å²) in [5.41, 5.74) is 0.737. The SMILES string of the molecule is Cc1cc(NC(=O)C2CCN(S(=O)(=O)c3c(Cl)cccc3Cl)CC2)n(CCC#N)n1. The molecule has 1 saturated heterocycles. The molecule has 1 aromatic carbocycles. The maximum atomic E-state index is 13.0. The Hall–Kier alpha value is -2.12. The molecule has 1 fully saturated rings. The van der Waals surface area contributed by atoms with Gasteiger partial charge in [0.1, 0.15) is 10.7 Å². The smallest absolute Gasteiger partial charge is 0.246 e. The van der Waals surface area contributed by atoms with Crippen LogP contribution in [0.15, 0.2) is 29.2 Å². The normalized spacial score (nSPS) is 15.7. The van der Waals surface area contributed by atoms with Gasteiger partial charge in [0.25, 0.3) is 0 Å². The number of benzene rings is 1. The predicted octanol–water partition coefficient (Wildman–Crippen LogP) is 3.45. The number of nitriles is 1. The number of carbonyl (C=O) groups excluding carboxylic acids is 1. The molecule has 2 aromatic rings. The van der Waals surface area contributed by atoms with Crippen LogP contribution in [0.2, 0.25) is 10.0 Å². The third kappa shape index (κ3) is 4.78. The van der Waals surface area contributed by atoms with Crippen molar-refractivity contribution < 1.29 is 13.2 Å². The van der Waals surface area contributed by atoms with E-state index in [-0.39, 0.29) is 46.3 Å². The number of rotatable bonds is 6. The number of anilines is 1. The Morgan fingerprint density at radius 2 is 1.93 bits per heavy atom. The molecule has 2 heterocycles. The molecule has 0 bridgehead atoms. The summed E-state index contributed by atoms with van der Waals surface area (Å²) < 4.78 is 28.8. The molecular weight excluding hydrogens is 449 g/mol. The minimum Gasteiger partial charge on any atom is -0.311 e. The first kappa shape index (κ1) is 22.6. The van der Waals surface area contributed by atoms with Crippen molar-refractivity contribution >= 4 is 45.0 Å². The molecule has 3 rings (SSSR count). The van der Waals surface area contributed by atoms with Gasteiger partial charge in [-0.3, -0.25) is 4.79 Å². The number of halogens is 2. The van der Waals surface area contributed by atoms with Gasteiger partial charge in [0, 0.05) is 25.1 Å². The first-order chi connectivity index (χ1) is 14.2. The molecular formula is C19H21Cl2N5O3S. The lowest BCUT2D eigenvalue weighted by Gasteiger charge is -2.31. The van der Waals surface area contributed by atoms with E-state index in [2.05, 4.69) is 16.5 Å². The van der Waals surface area contributed by atoms with E-state index in [9.17, 15) is 13.2 Å². The number of carbonyl (C=O) groups is 1. The molecule has 1 aliphatic rings. The Morgan fingerprint density at radius 3 is 2.53 bits per heavy atom. The van der Waals surface area contributed by atoms with E-state index < -0.39 is 10.0 Å². The number of hydrogen-bond donors (Lipinski definition) is 1. The van der Waals surface area contributed by atoms with Gasteiger partial charge in [-0.25, -0.2) is 13.1 Å². The lowest BCUT2D eigenvalue weighted by Crippen LogP contribution is -2.41. The number of sulfonamides is 1. The van der Waals surface area contributed by atoms with E-state index in [1.807, 2.05) is 6.92 Å². The van der Waals surface area contributed by atoms with Gasteiger partial charge in [0.05, 0.1) is 34.8 Å². The third-order valence-corrected chi connectivity index (χ3v) is 7.79. The van der Waals surface area contributed by atoms with Crippen molar-refractivity contribution in [3.05, 3.63) is 40.0 Å². The van der Waals surface area contributed by atoms with Gasteiger partial charge >= 0.3 is 0 Å². The van der Waals surface area contributed by atoms with Gasteiger partial charge in [0.15, 0.2) is 0 Å². The Labute approximate surface area is 185 Å². The highest BCUT2D eigenvalue weighted by atomic mass is 35.5. The first-order valence-electron chi connectivity index (χ1n) is 9.40. The first-order valence-corrected chi connectivity index (χ1v) is 11.6. The lowest BCUT2D eigenvalue weighted by molar-refractivity contribution is -0.121. The summed E-state index contributed by atoms with van der Waals surface area (Å²) in [7, 11) is -3.85. The van der Waals surface area contributed by atoms with Crippen molar-refractivity contribution in [2.45, 2.75) is 37.6 Å². The summed E-state index contributed by atoms with van der Waals surface area (Å²) in [6, 6.07) is 8.35. The van der Waals surface area contributed by atoms with Crippen molar-refractivity contribution in [3.8, 4) is 6.07 Å². The van der Waals surface area contributed by atoms with Crippen molar-refractivity contribution in [1.82, 2.24) is 14.1 Å². The number of nitrogens with zero attached hydrogens (tertiary/aromatic N) is 4. The van der Waals surface area contributed by atoms with Crippen molar-refractivity contribution in [3.63, 3.8) is 0 Å². The minimum atomic E-state index is -3.85. The van der Waals surface area contributed by atoms with E-state index in [0.717, 1.165) is 5.69 Å². The topological polar surface area (TPSA) is 108 Å². The number of aromatic nitrogens is 2. The molecule has 0 unspecified atom stereocenters. The summed E-state index contributed by atoms with van der Waals surface area (Å²) in [6.07, 6.45) is 1.03. The average Bonchev–Trinajstić information content (AvgIpc) is 3.05. The van der Waals surface area contributed by atoms with Crippen LogP contribution in [-0.2, 0) is 21.4 Å². The van der Waals surface area contributed by atoms with Crippen LogP contribution in [0.4, 0.5) is 5.82 Å².